The highest BCUT2D eigenvalue weighted by Gasteiger charge is 2.42. The molecule has 4 rings (SSSR count). The van der Waals surface area contributed by atoms with Crippen molar-refractivity contribution in [2.75, 3.05) is 39.9 Å². The van der Waals surface area contributed by atoms with Crippen molar-refractivity contribution in [1.29, 1.82) is 0 Å². The SMILES string of the molecule is COCCN1CC2(CCC1=O)CCN(C(=O)C1CCc3ccccc31)CC2. The fourth-order valence-corrected chi connectivity index (χ4v) is 5.15. The molecule has 0 radical (unpaired) electrons. The first-order valence-corrected chi connectivity index (χ1v) is 10.3. The molecule has 2 saturated heterocycles. The molecule has 2 aliphatic heterocycles. The fraction of sp³-hybridized carbons (Fsp3) is 0.636. The van der Waals surface area contributed by atoms with Crippen molar-refractivity contribution in [2.24, 2.45) is 5.41 Å². The first-order valence-electron chi connectivity index (χ1n) is 10.3. The summed E-state index contributed by atoms with van der Waals surface area (Å²) in [4.78, 5) is 29.4. The van der Waals surface area contributed by atoms with E-state index in [-0.39, 0.29) is 17.2 Å². The molecule has 2 fully saturated rings. The summed E-state index contributed by atoms with van der Waals surface area (Å²) in [6, 6.07) is 8.39. The quantitative estimate of drug-likeness (QED) is 0.819. The average Bonchev–Trinajstić information content (AvgIpc) is 3.13. The van der Waals surface area contributed by atoms with Crippen LogP contribution < -0.4 is 0 Å². The highest BCUT2D eigenvalue weighted by Crippen LogP contribution is 2.42. The van der Waals surface area contributed by atoms with Gasteiger partial charge in [0.05, 0.1) is 12.5 Å². The Morgan fingerprint density at radius 3 is 2.74 bits per heavy atom. The normalized spacial score (nSPS) is 24.3. The molecule has 1 spiro atoms. The number of ether oxygens (including phenoxy) is 1. The number of nitrogens with zero attached hydrogens (tertiary/aromatic N) is 2. The van der Waals surface area contributed by atoms with Gasteiger partial charge in [-0.05, 0) is 48.6 Å². The van der Waals surface area contributed by atoms with Gasteiger partial charge in [0.25, 0.3) is 0 Å². The third kappa shape index (κ3) is 3.62. The number of piperidine rings is 2. The van der Waals surface area contributed by atoms with Gasteiger partial charge in [0.2, 0.25) is 11.8 Å². The van der Waals surface area contributed by atoms with E-state index in [9.17, 15) is 9.59 Å². The number of methoxy groups -OCH3 is 1. The number of fused-ring (bicyclic) bond motifs is 1. The Morgan fingerprint density at radius 1 is 1.19 bits per heavy atom. The lowest BCUT2D eigenvalue weighted by Crippen LogP contribution is -2.53. The van der Waals surface area contributed by atoms with Gasteiger partial charge in [0.1, 0.15) is 0 Å². The Hall–Kier alpha value is -1.88. The number of hydrogen-bond acceptors (Lipinski definition) is 3. The first-order chi connectivity index (χ1) is 13.1. The summed E-state index contributed by atoms with van der Waals surface area (Å²) in [6.07, 6.45) is 5.56. The van der Waals surface area contributed by atoms with Crippen LogP contribution >= 0.6 is 0 Å². The number of carbonyl (C=O) groups is 2. The van der Waals surface area contributed by atoms with Crippen LogP contribution in [0, 0.1) is 5.41 Å². The maximum absolute atomic E-state index is 13.1. The summed E-state index contributed by atoms with van der Waals surface area (Å²) in [7, 11) is 1.68. The monoisotopic (exact) mass is 370 g/mol. The number of hydrogen-bond donors (Lipinski definition) is 0. The number of aryl methyl sites for hydroxylation is 1. The van der Waals surface area contributed by atoms with E-state index in [1.54, 1.807) is 7.11 Å². The van der Waals surface area contributed by atoms with E-state index in [1.807, 2.05) is 11.0 Å². The predicted molar refractivity (Wildman–Crippen MR) is 103 cm³/mol. The topological polar surface area (TPSA) is 49.9 Å². The highest BCUT2D eigenvalue weighted by molar-refractivity contribution is 5.85. The summed E-state index contributed by atoms with van der Waals surface area (Å²) < 4.78 is 5.16. The molecule has 5 heteroatoms. The minimum absolute atomic E-state index is 0.0429. The Bertz CT molecular complexity index is 709. The molecule has 2 amide bonds. The Labute approximate surface area is 161 Å². The summed E-state index contributed by atoms with van der Waals surface area (Å²) in [5.41, 5.74) is 2.76. The van der Waals surface area contributed by atoms with E-state index in [0.29, 0.717) is 25.5 Å². The lowest BCUT2D eigenvalue weighted by molar-refractivity contribution is -0.143. The zero-order chi connectivity index (χ0) is 18.9. The number of carbonyl (C=O) groups excluding carboxylic acids is 2. The molecule has 1 aromatic rings. The van der Waals surface area contributed by atoms with Crippen molar-refractivity contribution in [1.82, 2.24) is 9.80 Å². The summed E-state index contributed by atoms with van der Waals surface area (Å²) in [5, 5.41) is 0. The first kappa shape index (κ1) is 18.5. The van der Waals surface area contributed by atoms with Crippen LogP contribution in [0.2, 0.25) is 0 Å². The molecular weight excluding hydrogens is 340 g/mol. The van der Waals surface area contributed by atoms with Crippen molar-refractivity contribution < 1.29 is 14.3 Å². The van der Waals surface area contributed by atoms with Crippen LogP contribution in [-0.4, -0.2) is 61.5 Å². The molecule has 3 aliphatic rings. The molecule has 1 aromatic carbocycles. The van der Waals surface area contributed by atoms with Crippen LogP contribution in [0.25, 0.3) is 0 Å². The molecule has 1 atom stereocenters. The fourth-order valence-electron chi connectivity index (χ4n) is 5.15. The summed E-state index contributed by atoms with van der Waals surface area (Å²) in [6.45, 7) is 3.74. The van der Waals surface area contributed by atoms with Crippen LogP contribution in [-0.2, 0) is 20.7 Å². The van der Waals surface area contributed by atoms with Gasteiger partial charge in [-0.25, -0.2) is 0 Å². The lowest BCUT2D eigenvalue weighted by Gasteiger charge is -2.47. The number of rotatable bonds is 4. The molecule has 1 unspecified atom stereocenters. The minimum Gasteiger partial charge on any atom is -0.383 e. The second-order valence-corrected chi connectivity index (χ2v) is 8.42. The lowest BCUT2D eigenvalue weighted by atomic mass is 9.72. The summed E-state index contributed by atoms with van der Waals surface area (Å²) >= 11 is 0. The molecule has 0 aromatic heterocycles. The third-order valence-electron chi connectivity index (χ3n) is 6.88. The highest BCUT2D eigenvalue weighted by atomic mass is 16.5. The van der Waals surface area contributed by atoms with Gasteiger partial charge in [0, 0.05) is 39.7 Å². The van der Waals surface area contributed by atoms with Crippen LogP contribution in [0.5, 0.6) is 0 Å². The van der Waals surface area contributed by atoms with Gasteiger partial charge in [-0.3, -0.25) is 9.59 Å². The number of benzene rings is 1. The molecule has 0 N–H and O–H groups in total. The summed E-state index contributed by atoms with van der Waals surface area (Å²) in [5.74, 6) is 0.595. The average molecular weight is 370 g/mol. The van der Waals surface area contributed by atoms with Gasteiger partial charge in [0.15, 0.2) is 0 Å². The standard InChI is InChI=1S/C22H30N2O3/c1-27-15-14-24-16-22(9-8-20(24)25)10-12-23(13-11-22)21(26)19-7-6-17-4-2-3-5-18(17)19/h2-5,19H,6-16H2,1H3. The second kappa shape index (κ2) is 7.63. The van der Waals surface area contributed by atoms with E-state index >= 15 is 0 Å². The smallest absolute Gasteiger partial charge is 0.230 e. The maximum Gasteiger partial charge on any atom is 0.230 e. The van der Waals surface area contributed by atoms with E-state index in [2.05, 4.69) is 23.1 Å². The van der Waals surface area contributed by atoms with Gasteiger partial charge >= 0.3 is 0 Å². The van der Waals surface area contributed by atoms with Gasteiger partial charge in [-0.15, -0.1) is 0 Å². The zero-order valence-corrected chi connectivity index (χ0v) is 16.3. The van der Waals surface area contributed by atoms with E-state index in [4.69, 9.17) is 4.74 Å². The van der Waals surface area contributed by atoms with Crippen molar-refractivity contribution in [3.8, 4) is 0 Å². The molecule has 0 saturated carbocycles. The largest absolute Gasteiger partial charge is 0.383 e. The second-order valence-electron chi connectivity index (χ2n) is 8.42. The molecule has 146 valence electrons. The molecule has 0 bridgehead atoms. The van der Waals surface area contributed by atoms with Crippen molar-refractivity contribution in [2.45, 2.75) is 44.4 Å². The van der Waals surface area contributed by atoms with Crippen LogP contribution in [0.3, 0.4) is 0 Å². The van der Waals surface area contributed by atoms with Crippen molar-refractivity contribution >= 4 is 11.8 Å². The zero-order valence-electron chi connectivity index (χ0n) is 16.3. The van der Waals surface area contributed by atoms with Crippen LogP contribution in [0.4, 0.5) is 0 Å². The molecule has 5 nitrogen and oxygen atoms in total. The van der Waals surface area contributed by atoms with E-state index in [1.165, 1.54) is 11.1 Å². The molecule has 2 heterocycles. The van der Waals surface area contributed by atoms with E-state index in [0.717, 1.165) is 51.7 Å². The Balaban J connectivity index is 1.37. The maximum atomic E-state index is 13.1. The van der Waals surface area contributed by atoms with Gasteiger partial charge in [-0.2, -0.15) is 0 Å². The minimum atomic E-state index is 0.0429. The van der Waals surface area contributed by atoms with Crippen molar-refractivity contribution in [3.05, 3.63) is 35.4 Å². The van der Waals surface area contributed by atoms with Crippen LogP contribution in [0.15, 0.2) is 24.3 Å². The van der Waals surface area contributed by atoms with Gasteiger partial charge in [-0.1, -0.05) is 24.3 Å². The Morgan fingerprint density at radius 2 is 1.96 bits per heavy atom. The Kier molecular flexibility index (Phi) is 5.22. The number of likely N-dealkylation sites (tertiary alicyclic amines) is 2. The van der Waals surface area contributed by atoms with Crippen LogP contribution in [0.1, 0.15) is 49.1 Å². The van der Waals surface area contributed by atoms with Gasteiger partial charge < -0.3 is 14.5 Å². The van der Waals surface area contributed by atoms with Crippen molar-refractivity contribution in [3.63, 3.8) is 0 Å². The predicted octanol–water partition coefficient (Wildman–Crippen LogP) is 2.59. The third-order valence-corrected chi connectivity index (χ3v) is 6.88. The molecule has 1 aliphatic carbocycles. The molecular formula is C22H30N2O3. The van der Waals surface area contributed by atoms with E-state index < -0.39 is 0 Å². The molecule has 27 heavy (non-hydrogen) atoms. The number of amides is 2.